The Bertz CT molecular complexity index is 957. The molecular formula is C18H19F2N5O2. The number of carbonyl (C=O) groups excluding carboxylic acids is 1. The summed E-state index contributed by atoms with van der Waals surface area (Å²) in [5, 5.41) is 8.56. The SMILES string of the molecule is CCCNc1ncc(NC(=O)NCc2oc3c(F)cc(F)cc3c2C)cn1. The van der Waals surface area contributed by atoms with Gasteiger partial charge in [0.25, 0.3) is 0 Å². The molecule has 0 radical (unpaired) electrons. The van der Waals surface area contributed by atoms with Crippen LogP contribution < -0.4 is 16.0 Å². The molecule has 2 aromatic heterocycles. The van der Waals surface area contributed by atoms with Crippen LogP contribution in [0.1, 0.15) is 24.7 Å². The molecule has 0 fully saturated rings. The number of aryl methyl sites for hydroxylation is 1. The van der Waals surface area contributed by atoms with Gasteiger partial charge in [0.2, 0.25) is 5.95 Å². The average Bonchev–Trinajstić information content (AvgIpc) is 2.96. The molecule has 7 nitrogen and oxygen atoms in total. The number of fused-ring (bicyclic) bond motifs is 1. The summed E-state index contributed by atoms with van der Waals surface area (Å²) >= 11 is 0. The lowest BCUT2D eigenvalue weighted by Gasteiger charge is -2.07. The van der Waals surface area contributed by atoms with E-state index < -0.39 is 17.7 Å². The Morgan fingerprint density at radius 2 is 1.96 bits per heavy atom. The molecule has 0 aliphatic heterocycles. The van der Waals surface area contributed by atoms with Crippen molar-refractivity contribution >= 4 is 28.6 Å². The lowest BCUT2D eigenvalue weighted by atomic mass is 10.1. The highest BCUT2D eigenvalue weighted by Gasteiger charge is 2.16. The Hall–Kier alpha value is -3.23. The minimum absolute atomic E-state index is 0.0183. The van der Waals surface area contributed by atoms with Gasteiger partial charge in [-0.1, -0.05) is 6.92 Å². The number of hydrogen-bond donors (Lipinski definition) is 3. The van der Waals surface area contributed by atoms with E-state index in [0.29, 0.717) is 28.3 Å². The number of benzene rings is 1. The van der Waals surface area contributed by atoms with Crippen molar-refractivity contribution in [1.29, 1.82) is 0 Å². The number of halogens is 2. The maximum absolute atomic E-state index is 13.8. The Morgan fingerprint density at radius 3 is 2.67 bits per heavy atom. The summed E-state index contributed by atoms with van der Waals surface area (Å²) in [5.74, 6) is -0.634. The molecule has 27 heavy (non-hydrogen) atoms. The number of furan rings is 1. The predicted molar refractivity (Wildman–Crippen MR) is 97.5 cm³/mol. The van der Waals surface area contributed by atoms with E-state index in [9.17, 15) is 13.6 Å². The van der Waals surface area contributed by atoms with Crippen LogP contribution in [0.4, 0.5) is 25.2 Å². The van der Waals surface area contributed by atoms with Gasteiger partial charge in [0.15, 0.2) is 11.4 Å². The normalized spacial score (nSPS) is 10.8. The molecule has 0 saturated carbocycles. The van der Waals surface area contributed by atoms with Crippen LogP contribution in [-0.4, -0.2) is 22.5 Å². The molecule has 0 saturated heterocycles. The first-order valence-electron chi connectivity index (χ1n) is 8.45. The van der Waals surface area contributed by atoms with Gasteiger partial charge in [0, 0.05) is 23.6 Å². The zero-order valence-electron chi connectivity index (χ0n) is 14.9. The minimum Gasteiger partial charge on any atom is -0.456 e. The molecule has 0 unspecified atom stereocenters. The van der Waals surface area contributed by atoms with Crippen LogP contribution in [0.2, 0.25) is 0 Å². The maximum atomic E-state index is 13.8. The quantitative estimate of drug-likeness (QED) is 0.607. The summed E-state index contributed by atoms with van der Waals surface area (Å²) in [7, 11) is 0. The standard InChI is InChI=1S/C18H19F2N5O2/c1-3-4-21-17-22-7-12(8-23-17)25-18(26)24-9-15-10(2)13-5-11(19)6-14(20)16(13)27-15/h5-8H,3-4,9H2,1-2H3,(H,21,22,23)(H2,24,25,26). The van der Waals surface area contributed by atoms with Crippen molar-refractivity contribution in [3.05, 3.63) is 47.5 Å². The van der Waals surface area contributed by atoms with E-state index in [1.165, 1.54) is 18.5 Å². The minimum atomic E-state index is -0.780. The van der Waals surface area contributed by atoms with Gasteiger partial charge in [-0.2, -0.15) is 0 Å². The van der Waals surface area contributed by atoms with Crippen LogP contribution in [-0.2, 0) is 6.54 Å². The largest absolute Gasteiger partial charge is 0.456 e. The van der Waals surface area contributed by atoms with Gasteiger partial charge in [0.05, 0.1) is 24.6 Å². The second-order valence-electron chi connectivity index (χ2n) is 5.94. The van der Waals surface area contributed by atoms with Crippen molar-refractivity contribution in [3.8, 4) is 0 Å². The van der Waals surface area contributed by atoms with Crippen molar-refractivity contribution in [2.75, 3.05) is 17.2 Å². The number of hydrogen-bond acceptors (Lipinski definition) is 5. The van der Waals surface area contributed by atoms with Crippen LogP contribution in [0.3, 0.4) is 0 Å². The lowest BCUT2D eigenvalue weighted by molar-refractivity contribution is 0.251. The fourth-order valence-corrected chi connectivity index (χ4v) is 2.52. The van der Waals surface area contributed by atoms with Crippen LogP contribution in [0.25, 0.3) is 11.0 Å². The molecular weight excluding hydrogens is 356 g/mol. The first-order chi connectivity index (χ1) is 13.0. The van der Waals surface area contributed by atoms with E-state index >= 15 is 0 Å². The number of carbonyl (C=O) groups is 1. The third-order valence-corrected chi connectivity index (χ3v) is 3.91. The molecule has 3 aromatic rings. The van der Waals surface area contributed by atoms with E-state index in [-0.39, 0.29) is 12.1 Å². The van der Waals surface area contributed by atoms with Crippen LogP contribution >= 0.6 is 0 Å². The fourth-order valence-electron chi connectivity index (χ4n) is 2.52. The van der Waals surface area contributed by atoms with Gasteiger partial charge in [-0.15, -0.1) is 0 Å². The van der Waals surface area contributed by atoms with Crippen molar-refractivity contribution < 1.29 is 18.0 Å². The smallest absolute Gasteiger partial charge is 0.319 e. The van der Waals surface area contributed by atoms with Crippen molar-refractivity contribution in [3.63, 3.8) is 0 Å². The highest BCUT2D eigenvalue weighted by Crippen LogP contribution is 2.28. The monoisotopic (exact) mass is 375 g/mol. The molecule has 0 aliphatic carbocycles. The molecule has 0 bridgehead atoms. The van der Waals surface area contributed by atoms with Crippen molar-refractivity contribution in [2.24, 2.45) is 0 Å². The van der Waals surface area contributed by atoms with Gasteiger partial charge in [-0.05, 0) is 19.4 Å². The molecule has 2 heterocycles. The van der Waals surface area contributed by atoms with E-state index in [2.05, 4.69) is 25.9 Å². The van der Waals surface area contributed by atoms with Crippen molar-refractivity contribution in [1.82, 2.24) is 15.3 Å². The van der Waals surface area contributed by atoms with Gasteiger partial charge >= 0.3 is 6.03 Å². The average molecular weight is 375 g/mol. The summed E-state index contributed by atoms with van der Waals surface area (Å²) in [5.41, 5.74) is 0.956. The van der Waals surface area contributed by atoms with E-state index in [1.807, 2.05) is 6.92 Å². The zero-order chi connectivity index (χ0) is 19.4. The number of amides is 2. The Kier molecular flexibility index (Phi) is 5.49. The van der Waals surface area contributed by atoms with Gasteiger partial charge < -0.3 is 20.4 Å². The molecule has 2 amide bonds. The zero-order valence-corrected chi connectivity index (χ0v) is 14.9. The first-order valence-corrected chi connectivity index (χ1v) is 8.45. The molecule has 0 aliphatic rings. The topological polar surface area (TPSA) is 92.1 Å². The molecule has 0 atom stereocenters. The number of nitrogens with zero attached hydrogens (tertiary/aromatic N) is 2. The summed E-state index contributed by atoms with van der Waals surface area (Å²) in [6.45, 7) is 4.48. The summed E-state index contributed by atoms with van der Waals surface area (Å²) in [6, 6.07) is 1.46. The molecule has 3 N–H and O–H groups in total. The van der Waals surface area contributed by atoms with Gasteiger partial charge in [-0.25, -0.2) is 23.5 Å². The van der Waals surface area contributed by atoms with Crippen LogP contribution in [0.15, 0.2) is 28.9 Å². The van der Waals surface area contributed by atoms with Gasteiger partial charge in [-0.3, -0.25) is 0 Å². The molecule has 142 valence electrons. The Labute approximate surface area is 154 Å². The first kappa shape index (κ1) is 18.6. The van der Waals surface area contributed by atoms with Crippen LogP contribution in [0.5, 0.6) is 0 Å². The third kappa shape index (κ3) is 4.30. The van der Waals surface area contributed by atoms with E-state index in [1.54, 1.807) is 6.92 Å². The third-order valence-electron chi connectivity index (χ3n) is 3.91. The second kappa shape index (κ2) is 7.98. The Balaban J connectivity index is 1.61. The lowest BCUT2D eigenvalue weighted by Crippen LogP contribution is -2.28. The van der Waals surface area contributed by atoms with E-state index in [0.717, 1.165) is 19.0 Å². The molecule has 9 heteroatoms. The summed E-state index contributed by atoms with van der Waals surface area (Å²) in [6.07, 6.45) is 3.91. The number of urea groups is 1. The number of aromatic nitrogens is 2. The molecule has 1 aromatic carbocycles. The summed E-state index contributed by atoms with van der Waals surface area (Å²) < 4.78 is 32.6. The molecule has 0 spiro atoms. The van der Waals surface area contributed by atoms with Gasteiger partial charge in [0.1, 0.15) is 11.6 Å². The van der Waals surface area contributed by atoms with E-state index in [4.69, 9.17) is 4.42 Å². The number of anilines is 2. The fraction of sp³-hybridized carbons (Fsp3) is 0.278. The van der Waals surface area contributed by atoms with Crippen molar-refractivity contribution in [2.45, 2.75) is 26.8 Å². The maximum Gasteiger partial charge on any atom is 0.319 e. The highest BCUT2D eigenvalue weighted by molar-refractivity contribution is 5.89. The predicted octanol–water partition coefficient (Wildman–Crippen LogP) is 3.95. The number of nitrogens with one attached hydrogen (secondary N) is 3. The molecule has 3 rings (SSSR count). The van der Waals surface area contributed by atoms with Crippen LogP contribution in [0, 0.1) is 18.6 Å². The number of rotatable bonds is 6. The Morgan fingerprint density at radius 1 is 1.22 bits per heavy atom. The summed E-state index contributed by atoms with van der Waals surface area (Å²) in [4.78, 5) is 20.2. The second-order valence-corrected chi connectivity index (χ2v) is 5.94. The highest BCUT2D eigenvalue weighted by atomic mass is 19.1.